The summed E-state index contributed by atoms with van der Waals surface area (Å²) in [7, 11) is -3.62. The fourth-order valence-electron chi connectivity index (χ4n) is 2.20. The summed E-state index contributed by atoms with van der Waals surface area (Å²) < 4.78 is 32.5. The van der Waals surface area contributed by atoms with Crippen LogP contribution >= 0.6 is 0 Å². The van der Waals surface area contributed by atoms with E-state index >= 15 is 0 Å². The Balaban J connectivity index is 1.74. The summed E-state index contributed by atoms with van der Waals surface area (Å²) in [6.45, 7) is 3.78. The second-order valence-electron chi connectivity index (χ2n) is 5.45. The third-order valence-electron chi connectivity index (χ3n) is 3.59. The van der Waals surface area contributed by atoms with Gasteiger partial charge < -0.3 is 4.42 Å². The topological polar surface area (TPSA) is 85.1 Å². The molecule has 6 nitrogen and oxygen atoms in total. The highest BCUT2D eigenvalue weighted by molar-refractivity contribution is 7.89. The molecule has 0 amide bonds. The highest BCUT2D eigenvalue weighted by Gasteiger charge is 2.16. The molecule has 1 N–H and O–H groups in total. The van der Waals surface area contributed by atoms with Crippen molar-refractivity contribution in [3.8, 4) is 11.5 Å². The zero-order chi connectivity index (χ0) is 17.2. The molecule has 124 valence electrons. The van der Waals surface area contributed by atoms with E-state index in [1.807, 2.05) is 38.1 Å². The summed E-state index contributed by atoms with van der Waals surface area (Å²) in [5, 5.41) is 7.88. The quantitative estimate of drug-likeness (QED) is 0.770. The first-order valence-corrected chi connectivity index (χ1v) is 8.89. The summed E-state index contributed by atoms with van der Waals surface area (Å²) in [6, 6.07) is 14.2. The molecule has 3 rings (SSSR count). The molecule has 0 saturated heterocycles. The lowest BCUT2D eigenvalue weighted by Gasteiger charge is -2.05. The van der Waals surface area contributed by atoms with Gasteiger partial charge in [0.15, 0.2) is 0 Å². The molecule has 3 aromatic rings. The maximum atomic E-state index is 12.2. The molecule has 2 aromatic carbocycles. The van der Waals surface area contributed by atoms with Crippen LogP contribution in [-0.4, -0.2) is 18.6 Å². The number of nitrogens with one attached hydrogen (secondary N) is 1. The maximum absolute atomic E-state index is 12.2. The largest absolute Gasteiger partial charge is 0.419 e. The molecule has 24 heavy (non-hydrogen) atoms. The standard InChI is InChI=1S/C17H17N3O3S/c1-12-7-9-14(10-8-12)24(21,22)18-11-16-19-20-17(23-16)15-6-4-3-5-13(15)2/h3-10,18H,11H2,1-2H3. The van der Waals surface area contributed by atoms with Crippen molar-refractivity contribution in [2.75, 3.05) is 0 Å². The maximum Gasteiger partial charge on any atom is 0.248 e. The van der Waals surface area contributed by atoms with Crippen molar-refractivity contribution in [1.82, 2.24) is 14.9 Å². The van der Waals surface area contributed by atoms with Gasteiger partial charge >= 0.3 is 0 Å². The van der Waals surface area contributed by atoms with Gasteiger partial charge in [-0.05, 0) is 37.6 Å². The van der Waals surface area contributed by atoms with Crippen LogP contribution in [0.2, 0.25) is 0 Å². The van der Waals surface area contributed by atoms with Gasteiger partial charge in [-0.15, -0.1) is 10.2 Å². The Hall–Kier alpha value is -2.51. The average molecular weight is 343 g/mol. The molecule has 0 bridgehead atoms. The van der Waals surface area contributed by atoms with Crippen LogP contribution in [0.1, 0.15) is 17.0 Å². The number of aromatic nitrogens is 2. The van der Waals surface area contributed by atoms with Crippen molar-refractivity contribution in [3.63, 3.8) is 0 Å². The lowest BCUT2D eigenvalue weighted by molar-refractivity contribution is 0.494. The zero-order valence-corrected chi connectivity index (χ0v) is 14.2. The van der Waals surface area contributed by atoms with E-state index in [9.17, 15) is 8.42 Å². The molecule has 0 aliphatic carbocycles. The minimum atomic E-state index is -3.62. The van der Waals surface area contributed by atoms with E-state index in [0.29, 0.717) is 5.89 Å². The molecular formula is C17H17N3O3S. The number of nitrogens with zero attached hydrogens (tertiary/aromatic N) is 2. The second-order valence-corrected chi connectivity index (χ2v) is 7.22. The summed E-state index contributed by atoms with van der Waals surface area (Å²) in [6.07, 6.45) is 0. The van der Waals surface area contributed by atoms with Crippen molar-refractivity contribution >= 4 is 10.0 Å². The fourth-order valence-corrected chi connectivity index (χ4v) is 3.18. The normalized spacial score (nSPS) is 11.6. The molecule has 7 heteroatoms. The van der Waals surface area contributed by atoms with Gasteiger partial charge in [0.2, 0.25) is 21.8 Å². The summed E-state index contributed by atoms with van der Waals surface area (Å²) >= 11 is 0. The molecule has 1 heterocycles. The van der Waals surface area contributed by atoms with Gasteiger partial charge in [0, 0.05) is 5.56 Å². The monoisotopic (exact) mass is 343 g/mol. The Morgan fingerprint density at radius 1 is 1.00 bits per heavy atom. The summed E-state index contributed by atoms with van der Waals surface area (Å²) in [5.74, 6) is 0.585. The molecule has 0 fully saturated rings. The van der Waals surface area contributed by atoms with E-state index in [1.54, 1.807) is 24.3 Å². The van der Waals surface area contributed by atoms with Crippen LogP contribution in [0.5, 0.6) is 0 Å². The van der Waals surface area contributed by atoms with Gasteiger partial charge in [0.05, 0.1) is 11.4 Å². The molecule has 0 saturated carbocycles. The molecule has 1 aromatic heterocycles. The lowest BCUT2D eigenvalue weighted by Crippen LogP contribution is -2.23. The van der Waals surface area contributed by atoms with Gasteiger partial charge in [-0.1, -0.05) is 35.9 Å². The van der Waals surface area contributed by atoms with Crippen LogP contribution < -0.4 is 4.72 Å². The van der Waals surface area contributed by atoms with Gasteiger partial charge in [0.25, 0.3) is 0 Å². The molecular weight excluding hydrogens is 326 g/mol. The van der Waals surface area contributed by atoms with E-state index in [-0.39, 0.29) is 17.3 Å². The van der Waals surface area contributed by atoms with Crippen LogP contribution in [0.3, 0.4) is 0 Å². The Kier molecular flexibility index (Phi) is 4.46. The van der Waals surface area contributed by atoms with E-state index in [1.165, 1.54) is 0 Å². The number of sulfonamides is 1. The van der Waals surface area contributed by atoms with Gasteiger partial charge in [0.1, 0.15) is 0 Å². The van der Waals surface area contributed by atoms with Crippen LogP contribution in [0.25, 0.3) is 11.5 Å². The number of rotatable bonds is 5. The molecule has 0 aliphatic rings. The van der Waals surface area contributed by atoms with Gasteiger partial charge in [-0.25, -0.2) is 13.1 Å². The van der Waals surface area contributed by atoms with Gasteiger partial charge in [-0.2, -0.15) is 0 Å². The van der Waals surface area contributed by atoms with Crippen LogP contribution in [-0.2, 0) is 16.6 Å². The third kappa shape index (κ3) is 3.52. The van der Waals surface area contributed by atoms with Crippen molar-refractivity contribution in [2.45, 2.75) is 25.3 Å². The van der Waals surface area contributed by atoms with Gasteiger partial charge in [-0.3, -0.25) is 0 Å². The predicted octanol–water partition coefficient (Wildman–Crippen LogP) is 2.83. The van der Waals surface area contributed by atoms with E-state index in [0.717, 1.165) is 16.7 Å². The molecule has 0 spiro atoms. The molecule has 0 radical (unpaired) electrons. The van der Waals surface area contributed by atoms with Crippen molar-refractivity contribution in [3.05, 3.63) is 65.5 Å². The van der Waals surface area contributed by atoms with Crippen molar-refractivity contribution in [2.24, 2.45) is 0 Å². The van der Waals surface area contributed by atoms with E-state index in [4.69, 9.17) is 4.42 Å². The minimum Gasteiger partial charge on any atom is -0.419 e. The molecule has 0 atom stereocenters. The van der Waals surface area contributed by atoms with Crippen molar-refractivity contribution in [1.29, 1.82) is 0 Å². The Morgan fingerprint density at radius 2 is 1.71 bits per heavy atom. The summed E-state index contributed by atoms with van der Waals surface area (Å²) in [5.41, 5.74) is 2.83. The first kappa shape index (κ1) is 16.4. The number of hydrogen-bond acceptors (Lipinski definition) is 5. The predicted molar refractivity (Wildman–Crippen MR) is 89.7 cm³/mol. The van der Waals surface area contributed by atoms with E-state index in [2.05, 4.69) is 14.9 Å². The number of benzene rings is 2. The Labute approximate surface area is 140 Å². The van der Waals surface area contributed by atoms with Crippen LogP contribution in [0.4, 0.5) is 0 Å². The van der Waals surface area contributed by atoms with Crippen LogP contribution in [0.15, 0.2) is 57.8 Å². The third-order valence-corrected chi connectivity index (χ3v) is 5.00. The number of aryl methyl sites for hydroxylation is 2. The molecule has 0 unspecified atom stereocenters. The number of hydrogen-bond donors (Lipinski definition) is 1. The second kappa shape index (κ2) is 6.54. The van der Waals surface area contributed by atoms with E-state index < -0.39 is 10.0 Å². The highest BCUT2D eigenvalue weighted by atomic mass is 32.2. The average Bonchev–Trinajstić information content (AvgIpc) is 3.03. The smallest absolute Gasteiger partial charge is 0.248 e. The Morgan fingerprint density at radius 3 is 2.42 bits per heavy atom. The van der Waals surface area contributed by atoms with Crippen LogP contribution in [0, 0.1) is 13.8 Å². The molecule has 0 aliphatic heterocycles. The fraction of sp³-hybridized carbons (Fsp3) is 0.176. The first-order valence-electron chi connectivity index (χ1n) is 7.40. The zero-order valence-electron chi connectivity index (χ0n) is 13.4. The summed E-state index contributed by atoms with van der Waals surface area (Å²) in [4.78, 5) is 0.201. The Bertz CT molecular complexity index is 947. The minimum absolute atomic E-state index is 0.0604. The first-order chi connectivity index (χ1) is 11.5. The highest BCUT2D eigenvalue weighted by Crippen LogP contribution is 2.21. The van der Waals surface area contributed by atoms with Crippen molar-refractivity contribution < 1.29 is 12.8 Å². The lowest BCUT2D eigenvalue weighted by atomic mass is 10.1. The SMILES string of the molecule is Cc1ccc(S(=O)(=O)NCc2nnc(-c3ccccc3C)o2)cc1.